The molecule has 0 bridgehead atoms. The van der Waals surface area contributed by atoms with E-state index >= 15 is 0 Å². The van der Waals surface area contributed by atoms with E-state index in [9.17, 15) is 9.59 Å². The van der Waals surface area contributed by atoms with Gasteiger partial charge in [-0.1, -0.05) is 43.7 Å². The molecule has 0 aromatic carbocycles. The first kappa shape index (κ1) is 25.2. The van der Waals surface area contributed by atoms with Crippen LogP contribution in [0.25, 0.3) is 11.0 Å². The van der Waals surface area contributed by atoms with Crippen LogP contribution in [0.2, 0.25) is 5.02 Å². The molecule has 2 fully saturated rings. The maximum Gasteiger partial charge on any atom is 0.326 e. The molecule has 2 aromatic heterocycles. The fourth-order valence-corrected chi connectivity index (χ4v) is 4.09. The van der Waals surface area contributed by atoms with Gasteiger partial charge in [0.1, 0.15) is 11.1 Å². The van der Waals surface area contributed by atoms with Crippen molar-refractivity contribution in [3.63, 3.8) is 0 Å². The van der Waals surface area contributed by atoms with Gasteiger partial charge in [0.2, 0.25) is 12.3 Å². The standard InChI is InChI=1S/C11H21NO.C10H10ClN3O2.CH5N/c1-10(12-9-13)7-8-11-5-3-2-4-6-11;1-14-8-6(13-10(14)15)4-12-9(7(8)11)16-5-2-3-5;1-2/h9-11H,2-8H2,1H3,(H,12,13);4-5H,2-3H2,1H3,(H,13,15);2H2,1H3. The van der Waals surface area contributed by atoms with Crippen molar-refractivity contribution in [3.8, 4) is 5.88 Å². The Labute approximate surface area is 188 Å². The number of hydrogen-bond donors (Lipinski definition) is 3. The molecule has 0 aliphatic heterocycles. The number of imidazole rings is 1. The number of aromatic amines is 1. The lowest BCUT2D eigenvalue weighted by Gasteiger charge is -2.22. The van der Waals surface area contributed by atoms with Gasteiger partial charge in [-0.15, -0.1) is 0 Å². The highest BCUT2D eigenvalue weighted by molar-refractivity contribution is 6.36. The van der Waals surface area contributed by atoms with E-state index in [-0.39, 0.29) is 11.8 Å². The number of pyridine rings is 1. The third-order valence-corrected chi connectivity index (χ3v) is 6.07. The SMILES string of the molecule is CC(CCC1CCCCC1)NC=O.CN.Cn1c(=O)[nH]c2cnc(OC3CC3)c(Cl)c21. The van der Waals surface area contributed by atoms with Crippen molar-refractivity contribution in [2.24, 2.45) is 18.7 Å². The Hall–Kier alpha value is -2.06. The minimum absolute atomic E-state index is 0.206. The third-order valence-electron chi connectivity index (χ3n) is 5.73. The molecule has 2 aliphatic carbocycles. The fourth-order valence-electron chi connectivity index (χ4n) is 3.77. The molecule has 0 saturated heterocycles. The van der Waals surface area contributed by atoms with Crippen LogP contribution in [0.4, 0.5) is 0 Å². The average molecular weight is 454 g/mol. The molecule has 31 heavy (non-hydrogen) atoms. The van der Waals surface area contributed by atoms with Crippen LogP contribution in [0.5, 0.6) is 5.88 Å². The van der Waals surface area contributed by atoms with Crippen molar-refractivity contribution in [1.29, 1.82) is 0 Å². The van der Waals surface area contributed by atoms with Gasteiger partial charge in [0, 0.05) is 13.1 Å². The van der Waals surface area contributed by atoms with Crippen molar-refractivity contribution in [1.82, 2.24) is 19.9 Å². The summed E-state index contributed by atoms with van der Waals surface area (Å²) in [6.07, 6.45) is 14.2. The molecule has 4 rings (SSSR count). The maximum absolute atomic E-state index is 11.4. The van der Waals surface area contributed by atoms with Crippen molar-refractivity contribution in [2.75, 3.05) is 7.05 Å². The van der Waals surface area contributed by atoms with Gasteiger partial charge in [0.15, 0.2) is 0 Å². The first-order chi connectivity index (χ1) is 15.0. The number of hydrogen-bond acceptors (Lipinski definition) is 5. The summed E-state index contributed by atoms with van der Waals surface area (Å²) in [5.74, 6) is 1.34. The van der Waals surface area contributed by atoms with E-state index in [1.807, 2.05) is 0 Å². The highest BCUT2D eigenvalue weighted by Crippen LogP contribution is 2.33. The van der Waals surface area contributed by atoms with E-state index in [1.54, 1.807) is 13.2 Å². The normalized spacial score (nSPS) is 17.1. The molecule has 2 aromatic rings. The number of aryl methyl sites for hydroxylation is 1. The minimum atomic E-state index is -0.206. The molecule has 2 saturated carbocycles. The molecule has 8 nitrogen and oxygen atoms in total. The van der Waals surface area contributed by atoms with Gasteiger partial charge in [0.25, 0.3) is 0 Å². The quantitative estimate of drug-likeness (QED) is 0.555. The molecule has 9 heteroatoms. The van der Waals surface area contributed by atoms with Crippen molar-refractivity contribution in [3.05, 3.63) is 21.7 Å². The lowest BCUT2D eigenvalue weighted by Crippen LogP contribution is -2.25. The molecule has 1 atom stereocenters. The van der Waals surface area contributed by atoms with E-state index < -0.39 is 0 Å². The Bertz CT molecular complexity index is 872. The van der Waals surface area contributed by atoms with Crippen LogP contribution < -0.4 is 21.5 Å². The summed E-state index contributed by atoms with van der Waals surface area (Å²) in [5.41, 5.74) is 5.56. The Morgan fingerprint density at radius 3 is 2.61 bits per heavy atom. The number of amides is 1. The first-order valence-electron chi connectivity index (χ1n) is 11.2. The predicted octanol–water partition coefficient (Wildman–Crippen LogP) is 3.51. The zero-order valence-corrected chi connectivity index (χ0v) is 19.6. The zero-order valence-electron chi connectivity index (χ0n) is 18.8. The summed E-state index contributed by atoms with van der Waals surface area (Å²) in [6.45, 7) is 2.08. The Kier molecular flexibility index (Phi) is 10.3. The maximum atomic E-state index is 11.4. The highest BCUT2D eigenvalue weighted by atomic mass is 35.5. The van der Waals surface area contributed by atoms with E-state index in [1.165, 1.54) is 50.1 Å². The van der Waals surface area contributed by atoms with E-state index in [0.29, 0.717) is 28.0 Å². The first-order valence-corrected chi connectivity index (χ1v) is 11.5. The molecule has 4 N–H and O–H groups in total. The Morgan fingerprint density at radius 1 is 1.32 bits per heavy atom. The van der Waals surface area contributed by atoms with Gasteiger partial charge >= 0.3 is 5.69 Å². The number of halogens is 1. The van der Waals surface area contributed by atoms with E-state index in [4.69, 9.17) is 16.3 Å². The summed E-state index contributed by atoms with van der Waals surface area (Å²) < 4.78 is 7.01. The summed E-state index contributed by atoms with van der Waals surface area (Å²) in [7, 11) is 3.16. The molecule has 174 valence electrons. The zero-order chi connectivity index (χ0) is 22.8. The smallest absolute Gasteiger partial charge is 0.326 e. The molecule has 2 aliphatic rings. The second-order valence-electron chi connectivity index (χ2n) is 8.21. The van der Waals surface area contributed by atoms with Crippen LogP contribution in [0.15, 0.2) is 11.0 Å². The number of carbonyl (C=O) groups excluding carboxylic acids is 1. The van der Waals surface area contributed by atoms with Crippen LogP contribution in [-0.4, -0.2) is 40.1 Å². The van der Waals surface area contributed by atoms with Crippen molar-refractivity contribution in [2.45, 2.75) is 76.9 Å². The highest BCUT2D eigenvalue weighted by Gasteiger charge is 2.26. The predicted molar refractivity (Wildman–Crippen MR) is 125 cm³/mol. The number of nitrogens with one attached hydrogen (secondary N) is 2. The monoisotopic (exact) mass is 453 g/mol. The summed E-state index contributed by atoms with van der Waals surface area (Å²) in [5, 5.41) is 3.20. The Balaban J connectivity index is 0.000000209. The summed E-state index contributed by atoms with van der Waals surface area (Å²) in [6, 6.07) is 0.361. The number of ether oxygens (including phenoxy) is 1. The molecule has 0 spiro atoms. The average Bonchev–Trinajstić information content (AvgIpc) is 3.56. The summed E-state index contributed by atoms with van der Waals surface area (Å²) >= 11 is 6.16. The van der Waals surface area contributed by atoms with E-state index in [0.717, 1.165) is 31.6 Å². The second kappa shape index (κ2) is 12.7. The minimum Gasteiger partial charge on any atom is -0.473 e. The van der Waals surface area contributed by atoms with Crippen molar-refractivity contribution >= 4 is 29.0 Å². The number of nitrogens with two attached hydrogens (primary N) is 1. The number of carbonyl (C=O) groups is 1. The third kappa shape index (κ3) is 7.54. The van der Waals surface area contributed by atoms with Gasteiger partial charge in [0.05, 0.1) is 17.2 Å². The van der Waals surface area contributed by atoms with Crippen LogP contribution >= 0.6 is 11.6 Å². The van der Waals surface area contributed by atoms with Gasteiger partial charge in [-0.3, -0.25) is 9.36 Å². The van der Waals surface area contributed by atoms with Gasteiger partial charge in [-0.05, 0) is 45.6 Å². The molecule has 1 unspecified atom stereocenters. The summed E-state index contributed by atoms with van der Waals surface area (Å²) in [4.78, 5) is 28.3. The van der Waals surface area contributed by atoms with Gasteiger partial charge in [-0.2, -0.15) is 0 Å². The topological polar surface area (TPSA) is 115 Å². The lowest BCUT2D eigenvalue weighted by atomic mass is 9.85. The molecule has 1 amide bonds. The van der Waals surface area contributed by atoms with Crippen molar-refractivity contribution < 1.29 is 9.53 Å². The van der Waals surface area contributed by atoms with Crippen LogP contribution in [0, 0.1) is 5.92 Å². The van der Waals surface area contributed by atoms with Crippen LogP contribution in [0.3, 0.4) is 0 Å². The van der Waals surface area contributed by atoms with E-state index in [2.05, 4.69) is 27.9 Å². The molecule has 2 heterocycles. The number of nitrogens with zero attached hydrogens (tertiary/aromatic N) is 2. The second-order valence-corrected chi connectivity index (χ2v) is 8.59. The Morgan fingerprint density at radius 2 is 2.00 bits per heavy atom. The van der Waals surface area contributed by atoms with Crippen LogP contribution in [0.1, 0.15) is 64.7 Å². The van der Waals surface area contributed by atoms with Gasteiger partial charge < -0.3 is 20.8 Å². The number of aromatic nitrogens is 3. The largest absolute Gasteiger partial charge is 0.473 e. The van der Waals surface area contributed by atoms with Crippen LogP contribution in [-0.2, 0) is 11.8 Å². The van der Waals surface area contributed by atoms with Gasteiger partial charge in [-0.25, -0.2) is 9.78 Å². The lowest BCUT2D eigenvalue weighted by molar-refractivity contribution is -0.110. The fraction of sp³-hybridized carbons (Fsp3) is 0.682. The molecule has 0 radical (unpaired) electrons. The number of rotatable bonds is 7. The number of H-pyrrole nitrogens is 1. The number of fused-ring (bicyclic) bond motifs is 1. The molecular formula is C22H36ClN5O3. The molecular weight excluding hydrogens is 418 g/mol.